The van der Waals surface area contributed by atoms with Crippen molar-refractivity contribution in [2.24, 2.45) is 20.6 Å². The van der Waals surface area contributed by atoms with Gasteiger partial charge < -0.3 is 0 Å². The maximum absolute atomic E-state index is 8.51. The van der Waals surface area contributed by atoms with E-state index in [0.717, 1.165) is 41.7 Å². The minimum absolute atomic E-state index is 0.488. The zero-order valence-corrected chi connectivity index (χ0v) is 15.3. The maximum atomic E-state index is 8.51. The third-order valence-electron chi connectivity index (χ3n) is 3.92. The summed E-state index contributed by atoms with van der Waals surface area (Å²) in [5, 5.41) is 23.3. The molecule has 0 saturated heterocycles. The number of hydrogen-bond donors (Lipinski definition) is 0. The second-order valence-electron chi connectivity index (χ2n) is 5.90. The smallest absolute Gasteiger partial charge is 0.107 e. The van der Waals surface area contributed by atoms with E-state index < -0.39 is 0 Å². The molecule has 0 fully saturated rings. The number of benzene rings is 2. The molecule has 0 bridgehead atoms. The molecule has 2 aromatic rings. The summed E-state index contributed by atoms with van der Waals surface area (Å²) < 4.78 is 0. The van der Waals surface area contributed by atoms with Gasteiger partial charge in [-0.2, -0.15) is 10.4 Å². The molecule has 0 saturated carbocycles. The summed E-state index contributed by atoms with van der Waals surface area (Å²) in [4.78, 5) is 2.71. The lowest BCUT2D eigenvalue weighted by atomic mass is 10.1. The van der Waals surface area contributed by atoms with Gasteiger partial charge in [0, 0.05) is 11.5 Å². The first-order valence-corrected chi connectivity index (χ1v) is 8.79. The molecule has 0 aliphatic carbocycles. The molecule has 1 heterocycles. The molecule has 0 radical (unpaired) electrons. The third-order valence-corrected chi connectivity index (χ3v) is 3.92. The van der Waals surface area contributed by atoms with Crippen LogP contribution in [-0.2, 0) is 12.8 Å². The van der Waals surface area contributed by atoms with Gasteiger partial charge in [0.15, 0.2) is 0 Å². The highest BCUT2D eigenvalue weighted by Crippen LogP contribution is 2.10. The van der Waals surface area contributed by atoms with E-state index in [1.54, 1.807) is 0 Å². The Morgan fingerprint density at radius 2 is 1.74 bits per heavy atom. The van der Waals surface area contributed by atoms with Crippen LogP contribution in [0.1, 0.15) is 35.6 Å². The van der Waals surface area contributed by atoms with E-state index in [9.17, 15) is 0 Å². The van der Waals surface area contributed by atoms with Crippen molar-refractivity contribution in [1.82, 2.24) is 0 Å². The van der Waals surface area contributed by atoms with Crippen LogP contribution in [0.15, 0.2) is 69.1 Å². The zero-order chi connectivity index (χ0) is 19.3. The highest BCUT2D eigenvalue weighted by Gasteiger charge is 2.06. The summed E-state index contributed by atoms with van der Waals surface area (Å²) in [6.45, 7) is 3.19. The molecular formula is C20H21N7. The highest BCUT2D eigenvalue weighted by molar-refractivity contribution is 6.02. The van der Waals surface area contributed by atoms with Crippen molar-refractivity contribution >= 4 is 5.71 Å². The van der Waals surface area contributed by atoms with E-state index in [1.807, 2.05) is 48.5 Å². The number of nitrogens with zero attached hydrogens (tertiary/aromatic N) is 7. The second-order valence-corrected chi connectivity index (χ2v) is 5.90. The minimum atomic E-state index is 0.488. The van der Waals surface area contributed by atoms with Crippen molar-refractivity contribution in [1.29, 1.82) is 5.26 Å². The fraction of sp³-hybridized carbons (Fsp3) is 0.300. The Balaban J connectivity index is 0.000000208. The van der Waals surface area contributed by atoms with Crippen LogP contribution in [0.3, 0.4) is 0 Å². The molecule has 1 aliphatic rings. The van der Waals surface area contributed by atoms with Crippen LogP contribution in [0, 0.1) is 11.3 Å². The number of nitriles is 1. The van der Waals surface area contributed by atoms with E-state index in [0.29, 0.717) is 13.1 Å². The summed E-state index contributed by atoms with van der Waals surface area (Å²) in [5.74, 6) is 0. The molecule has 2 aromatic carbocycles. The fourth-order valence-electron chi connectivity index (χ4n) is 2.49. The number of azide groups is 1. The average molecular weight is 359 g/mol. The van der Waals surface area contributed by atoms with Crippen LogP contribution < -0.4 is 0 Å². The van der Waals surface area contributed by atoms with Gasteiger partial charge in [0.2, 0.25) is 0 Å². The van der Waals surface area contributed by atoms with Crippen molar-refractivity contribution in [3.8, 4) is 6.07 Å². The summed E-state index contributed by atoms with van der Waals surface area (Å²) in [6, 6.07) is 17.8. The van der Waals surface area contributed by atoms with Crippen molar-refractivity contribution < 1.29 is 0 Å². The first kappa shape index (κ1) is 19.8. The third kappa shape index (κ3) is 6.73. The Hall–Kier alpha value is -3.49. The van der Waals surface area contributed by atoms with Crippen molar-refractivity contribution in [2.75, 3.05) is 13.1 Å². The minimum Gasteiger partial charge on any atom is -0.192 e. The van der Waals surface area contributed by atoms with Crippen LogP contribution >= 0.6 is 0 Å². The summed E-state index contributed by atoms with van der Waals surface area (Å²) in [5.41, 5.74) is 13.3. The van der Waals surface area contributed by atoms with Crippen molar-refractivity contribution in [3.63, 3.8) is 0 Å². The fourth-order valence-corrected chi connectivity index (χ4v) is 2.49. The average Bonchev–Trinajstić information content (AvgIpc) is 3.25. The van der Waals surface area contributed by atoms with Gasteiger partial charge >= 0.3 is 0 Å². The van der Waals surface area contributed by atoms with Crippen LogP contribution in [0.5, 0.6) is 0 Å². The molecule has 3 rings (SSSR count). The van der Waals surface area contributed by atoms with Gasteiger partial charge in [0.1, 0.15) is 6.54 Å². The van der Waals surface area contributed by atoms with E-state index in [2.05, 4.69) is 38.5 Å². The van der Waals surface area contributed by atoms with Gasteiger partial charge in [0.05, 0.1) is 17.3 Å². The summed E-state index contributed by atoms with van der Waals surface area (Å²) >= 11 is 0. The lowest BCUT2D eigenvalue weighted by molar-refractivity contribution is 0.922. The first-order valence-electron chi connectivity index (χ1n) is 8.79. The van der Waals surface area contributed by atoms with Crippen LogP contribution in [0.4, 0.5) is 0 Å². The quantitative estimate of drug-likeness (QED) is 0.393. The van der Waals surface area contributed by atoms with Crippen LogP contribution in [0.25, 0.3) is 10.4 Å². The SMILES string of the molecule is CCCc1ccc(C#N)cc1.[N-]=[N+]=NCCc1ccc(C2=NN=NC2)cc1. The maximum Gasteiger partial charge on any atom is 0.107 e. The molecule has 0 amide bonds. The molecule has 0 N–H and O–H groups in total. The Bertz CT molecular complexity index is 868. The first-order chi connectivity index (χ1) is 13.3. The van der Waals surface area contributed by atoms with E-state index in [-0.39, 0.29) is 0 Å². The molecule has 7 heteroatoms. The molecule has 1 aliphatic heterocycles. The Labute approximate surface area is 158 Å². The van der Waals surface area contributed by atoms with Crippen molar-refractivity contribution in [2.45, 2.75) is 26.2 Å². The molecular weight excluding hydrogens is 338 g/mol. The van der Waals surface area contributed by atoms with Gasteiger partial charge in [-0.05, 0) is 52.4 Å². The number of hydrogen-bond acceptors (Lipinski definition) is 5. The number of aryl methyl sites for hydroxylation is 1. The predicted octanol–water partition coefficient (Wildman–Crippen LogP) is 5.22. The summed E-state index contributed by atoms with van der Waals surface area (Å²) in [6.07, 6.45) is 3.02. The Morgan fingerprint density at radius 3 is 2.30 bits per heavy atom. The Kier molecular flexibility index (Phi) is 8.22. The number of rotatable bonds is 6. The van der Waals surface area contributed by atoms with Gasteiger partial charge in [-0.15, -0.1) is 5.10 Å². The molecule has 0 aromatic heterocycles. The summed E-state index contributed by atoms with van der Waals surface area (Å²) in [7, 11) is 0. The van der Waals surface area contributed by atoms with Gasteiger partial charge in [-0.1, -0.05) is 54.9 Å². The van der Waals surface area contributed by atoms with Crippen molar-refractivity contribution in [3.05, 3.63) is 81.2 Å². The standard InChI is InChI=1S/C10H10N6.C10H11N/c11-15-12-6-5-8-1-3-9(4-2-8)10-7-13-16-14-10;1-2-3-9-4-6-10(8-11)7-5-9/h1-4H,5-7H2;4-7H,2-3H2,1H3. The van der Waals surface area contributed by atoms with E-state index >= 15 is 0 Å². The second kappa shape index (κ2) is 11.2. The molecule has 136 valence electrons. The normalized spacial score (nSPS) is 11.6. The molecule has 0 atom stereocenters. The largest absolute Gasteiger partial charge is 0.192 e. The van der Waals surface area contributed by atoms with Crippen LogP contribution in [-0.4, -0.2) is 18.8 Å². The lowest BCUT2D eigenvalue weighted by Gasteiger charge is -2.01. The van der Waals surface area contributed by atoms with Crippen LogP contribution in [0.2, 0.25) is 0 Å². The lowest BCUT2D eigenvalue weighted by Crippen LogP contribution is -2.01. The van der Waals surface area contributed by atoms with Gasteiger partial charge in [0.25, 0.3) is 0 Å². The monoisotopic (exact) mass is 359 g/mol. The predicted molar refractivity (Wildman–Crippen MR) is 106 cm³/mol. The van der Waals surface area contributed by atoms with E-state index in [4.69, 9.17) is 10.8 Å². The van der Waals surface area contributed by atoms with Gasteiger partial charge in [-0.25, -0.2) is 0 Å². The molecule has 0 unspecified atom stereocenters. The van der Waals surface area contributed by atoms with Gasteiger partial charge in [-0.3, -0.25) is 0 Å². The topological polar surface area (TPSA) is 110 Å². The molecule has 27 heavy (non-hydrogen) atoms. The van der Waals surface area contributed by atoms with E-state index in [1.165, 1.54) is 5.56 Å². The molecule has 7 nitrogen and oxygen atoms in total. The molecule has 0 spiro atoms. The highest BCUT2D eigenvalue weighted by atomic mass is 15.4. The zero-order valence-electron chi connectivity index (χ0n) is 15.3. The Morgan fingerprint density at radius 1 is 1.07 bits per heavy atom.